The van der Waals surface area contributed by atoms with E-state index in [9.17, 15) is 14.7 Å². The van der Waals surface area contributed by atoms with Crippen LogP contribution in [0.1, 0.15) is 44.6 Å². The fraction of sp³-hybridized carbons (Fsp3) is 0.480. The van der Waals surface area contributed by atoms with Crippen LogP contribution in [0.25, 0.3) is 0 Å². The minimum absolute atomic E-state index is 0.0691. The molecule has 37 heavy (non-hydrogen) atoms. The Labute approximate surface area is 213 Å². The molecule has 0 aromatic carbocycles. The van der Waals surface area contributed by atoms with Crippen LogP contribution >= 0.6 is 0 Å². The first-order valence-corrected chi connectivity index (χ1v) is 11.8. The molecule has 200 valence electrons. The number of aliphatic hydroxyl groups excluding tert-OH is 2. The molecule has 0 saturated heterocycles. The average molecular weight is 518 g/mol. The molecule has 0 spiro atoms. The first kappa shape index (κ1) is 27.8. The number of hydrogen-bond acceptors (Lipinski definition) is 10. The molecular weight excluding hydrogens is 486 g/mol. The minimum atomic E-state index is -1.79. The van der Waals surface area contributed by atoms with E-state index < -0.39 is 24.5 Å². The summed E-state index contributed by atoms with van der Waals surface area (Å²) in [4.78, 5) is 32.9. The lowest BCUT2D eigenvalue weighted by molar-refractivity contribution is -0.152. The van der Waals surface area contributed by atoms with Gasteiger partial charge in [-0.1, -0.05) is 0 Å². The summed E-state index contributed by atoms with van der Waals surface area (Å²) in [5.74, 6) is -1.32. The molecule has 0 radical (unpaired) electrons. The Hall–Kier alpha value is -3.77. The largest absolute Gasteiger partial charge is 0.494 e. The van der Waals surface area contributed by atoms with E-state index >= 15 is 0 Å². The van der Waals surface area contributed by atoms with Gasteiger partial charge in [0.2, 0.25) is 0 Å². The lowest BCUT2D eigenvalue weighted by Crippen LogP contribution is -2.32. The van der Waals surface area contributed by atoms with Crippen molar-refractivity contribution in [1.82, 2.24) is 9.97 Å². The van der Waals surface area contributed by atoms with E-state index in [1.165, 1.54) is 11.1 Å². The number of fused-ring (bicyclic) bond motifs is 2. The summed E-state index contributed by atoms with van der Waals surface area (Å²) in [6.45, 7) is 2.54. The highest BCUT2D eigenvalue weighted by molar-refractivity contribution is 6.16. The summed E-state index contributed by atoms with van der Waals surface area (Å²) in [5.41, 5.74) is 5.07. The molecule has 1 aliphatic heterocycles. The maximum absolute atomic E-state index is 10.2. The molecule has 12 nitrogen and oxygen atoms in total. The number of rotatable bonds is 8. The normalized spacial score (nSPS) is 21.3. The summed E-state index contributed by atoms with van der Waals surface area (Å²) < 4.78 is 16.5. The van der Waals surface area contributed by atoms with Crippen molar-refractivity contribution in [2.24, 2.45) is 4.99 Å². The Morgan fingerprint density at radius 1 is 1.14 bits per heavy atom. The fourth-order valence-corrected chi connectivity index (χ4v) is 4.34. The number of ether oxygens (including phenoxy) is 3. The second-order valence-electron chi connectivity index (χ2n) is 8.50. The SMILES string of the molecule is CCOC1=C(OC)C=C2C(c3cnc(OC)nc3)=N[C@@H]3CC[C@@H](O)CC3=C2C1.O=C(O)CC(O)C(=O)O. The number of carboxylic acid groups (broad SMARTS) is 2. The molecule has 3 aliphatic rings. The molecule has 12 heteroatoms. The molecule has 4 N–H and O–H groups in total. The zero-order chi connectivity index (χ0) is 27.1. The molecule has 2 heterocycles. The van der Waals surface area contributed by atoms with Gasteiger partial charge in [0.05, 0.1) is 45.1 Å². The highest BCUT2D eigenvalue weighted by Gasteiger charge is 2.36. The van der Waals surface area contributed by atoms with Crippen molar-refractivity contribution in [3.05, 3.63) is 52.3 Å². The van der Waals surface area contributed by atoms with Crippen LogP contribution in [0.2, 0.25) is 0 Å². The maximum Gasteiger partial charge on any atom is 0.333 e. The number of aliphatic hydroxyl groups is 2. The van der Waals surface area contributed by atoms with Gasteiger partial charge in [0.25, 0.3) is 0 Å². The van der Waals surface area contributed by atoms with E-state index in [0.29, 0.717) is 31.2 Å². The first-order valence-electron chi connectivity index (χ1n) is 11.8. The standard InChI is InChI=1S/C21H25N3O4.C4H6O5/c1-4-28-19-8-14-15-7-13(25)5-6-17(15)24-20(16(14)9-18(19)26-2)12-10-22-21(27-3)23-11-12;5-2(4(8)9)1-3(6)7/h9-11,13,17,25H,4-8H2,1-3H3;2,5H,1H2,(H,6,7)(H,8,9)/t13-,17-;/m1./s1. The number of carbonyl (C=O) groups is 2. The van der Waals surface area contributed by atoms with Gasteiger partial charge in [0, 0.05) is 30.0 Å². The third-order valence-corrected chi connectivity index (χ3v) is 6.05. The third kappa shape index (κ3) is 6.71. The van der Waals surface area contributed by atoms with Crippen LogP contribution in [0.5, 0.6) is 6.01 Å². The topological polar surface area (TPSA) is 181 Å². The van der Waals surface area contributed by atoms with Crippen molar-refractivity contribution >= 4 is 17.7 Å². The lowest BCUT2D eigenvalue weighted by Gasteiger charge is -2.36. The van der Waals surface area contributed by atoms with E-state index in [1.807, 2.05) is 13.0 Å². The summed E-state index contributed by atoms with van der Waals surface area (Å²) >= 11 is 0. The number of methoxy groups -OCH3 is 2. The molecule has 1 unspecified atom stereocenters. The van der Waals surface area contributed by atoms with Crippen LogP contribution in [-0.4, -0.2) is 87.1 Å². The molecule has 4 rings (SSSR count). The van der Waals surface area contributed by atoms with Crippen molar-refractivity contribution in [1.29, 1.82) is 0 Å². The molecule has 0 bridgehead atoms. The molecule has 1 aromatic heterocycles. The predicted octanol–water partition coefficient (Wildman–Crippen LogP) is 1.63. The molecular formula is C25H31N3O9. The van der Waals surface area contributed by atoms with Gasteiger partial charge < -0.3 is 34.6 Å². The second kappa shape index (κ2) is 12.5. The van der Waals surface area contributed by atoms with Gasteiger partial charge in [-0.05, 0) is 43.4 Å². The predicted molar refractivity (Wildman–Crippen MR) is 130 cm³/mol. The van der Waals surface area contributed by atoms with Crippen LogP contribution in [-0.2, 0) is 19.1 Å². The van der Waals surface area contributed by atoms with Gasteiger partial charge >= 0.3 is 17.9 Å². The number of dihydropyridines is 1. The number of aliphatic carboxylic acids is 2. The van der Waals surface area contributed by atoms with Gasteiger partial charge in [-0.2, -0.15) is 0 Å². The molecule has 0 amide bonds. The molecule has 1 aromatic rings. The third-order valence-electron chi connectivity index (χ3n) is 6.05. The van der Waals surface area contributed by atoms with Gasteiger partial charge in [0.1, 0.15) is 5.76 Å². The number of aliphatic imine (C=N–C) groups is 1. The zero-order valence-electron chi connectivity index (χ0n) is 20.9. The smallest absolute Gasteiger partial charge is 0.333 e. The number of nitrogens with zero attached hydrogens (tertiary/aromatic N) is 3. The van der Waals surface area contributed by atoms with Crippen molar-refractivity contribution in [2.75, 3.05) is 20.8 Å². The van der Waals surface area contributed by atoms with E-state index in [0.717, 1.165) is 35.4 Å². The number of allylic oxidation sites excluding steroid dienone is 3. The molecule has 2 aliphatic carbocycles. The lowest BCUT2D eigenvalue weighted by atomic mass is 9.76. The van der Waals surface area contributed by atoms with Crippen molar-refractivity contribution < 1.29 is 44.2 Å². The second-order valence-corrected chi connectivity index (χ2v) is 8.50. The Morgan fingerprint density at radius 3 is 2.38 bits per heavy atom. The van der Waals surface area contributed by atoms with Crippen molar-refractivity contribution in [3.63, 3.8) is 0 Å². The van der Waals surface area contributed by atoms with Crippen LogP contribution < -0.4 is 4.74 Å². The van der Waals surface area contributed by atoms with Gasteiger partial charge in [-0.3, -0.25) is 9.79 Å². The van der Waals surface area contributed by atoms with Crippen LogP contribution in [0.3, 0.4) is 0 Å². The molecule has 3 atom stereocenters. The highest BCUT2D eigenvalue weighted by Crippen LogP contribution is 2.42. The van der Waals surface area contributed by atoms with Crippen molar-refractivity contribution in [3.8, 4) is 6.01 Å². The monoisotopic (exact) mass is 517 g/mol. The van der Waals surface area contributed by atoms with Gasteiger partial charge in [0.15, 0.2) is 11.9 Å². The summed E-state index contributed by atoms with van der Waals surface area (Å²) in [6, 6.07) is 0.394. The maximum atomic E-state index is 10.2. The number of aromatic nitrogens is 2. The molecule has 1 saturated carbocycles. The first-order chi connectivity index (χ1) is 17.7. The van der Waals surface area contributed by atoms with Gasteiger partial charge in [-0.15, -0.1) is 0 Å². The van der Waals surface area contributed by atoms with E-state index in [2.05, 4.69) is 9.97 Å². The Morgan fingerprint density at radius 2 is 1.84 bits per heavy atom. The van der Waals surface area contributed by atoms with E-state index in [-0.39, 0.29) is 12.1 Å². The van der Waals surface area contributed by atoms with Crippen LogP contribution in [0.4, 0.5) is 0 Å². The summed E-state index contributed by atoms with van der Waals surface area (Å²) in [7, 11) is 3.19. The Bertz CT molecular complexity index is 1140. The Balaban J connectivity index is 0.000000364. The summed E-state index contributed by atoms with van der Waals surface area (Å²) in [6.07, 6.45) is 5.47. The number of hydrogen-bond donors (Lipinski definition) is 4. The van der Waals surface area contributed by atoms with Crippen molar-refractivity contribution in [2.45, 2.75) is 57.3 Å². The van der Waals surface area contributed by atoms with E-state index in [1.54, 1.807) is 26.6 Å². The minimum Gasteiger partial charge on any atom is -0.494 e. The Kier molecular flexibility index (Phi) is 9.36. The van der Waals surface area contributed by atoms with Gasteiger partial charge in [-0.25, -0.2) is 14.8 Å². The highest BCUT2D eigenvalue weighted by atomic mass is 16.5. The molecule has 1 fully saturated rings. The summed E-state index contributed by atoms with van der Waals surface area (Å²) in [5, 5.41) is 34.4. The quantitative estimate of drug-likeness (QED) is 0.393. The van der Waals surface area contributed by atoms with Crippen LogP contribution in [0.15, 0.2) is 51.7 Å². The fourth-order valence-electron chi connectivity index (χ4n) is 4.34. The number of carboxylic acids is 2. The van der Waals surface area contributed by atoms with Crippen LogP contribution in [0, 0.1) is 0 Å². The van der Waals surface area contributed by atoms with E-state index in [4.69, 9.17) is 34.5 Å². The zero-order valence-corrected chi connectivity index (χ0v) is 20.9. The average Bonchev–Trinajstić information content (AvgIpc) is 2.88.